The lowest BCUT2D eigenvalue weighted by Gasteiger charge is -2.19. The molecule has 0 atom stereocenters. The van der Waals surface area contributed by atoms with E-state index in [0.29, 0.717) is 35.5 Å². The fourth-order valence-corrected chi connectivity index (χ4v) is 3.82. The Balaban J connectivity index is 1.56. The fourth-order valence-electron chi connectivity index (χ4n) is 3.82. The van der Waals surface area contributed by atoms with Gasteiger partial charge in [-0.15, -0.1) is 0 Å². The monoisotopic (exact) mass is 475 g/mol. The molecule has 0 aliphatic heterocycles. The van der Waals surface area contributed by atoms with E-state index in [9.17, 15) is 9.59 Å². The van der Waals surface area contributed by atoms with Crippen molar-refractivity contribution in [2.45, 2.75) is 39.7 Å². The Morgan fingerprint density at radius 3 is 2.49 bits per heavy atom. The third kappa shape index (κ3) is 5.34. The van der Waals surface area contributed by atoms with E-state index >= 15 is 0 Å². The van der Waals surface area contributed by atoms with Crippen molar-refractivity contribution < 1.29 is 19.1 Å². The van der Waals surface area contributed by atoms with Gasteiger partial charge in [-0.3, -0.25) is 9.36 Å². The van der Waals surface area contributed by atoms with Crippen molar-refractivity contribution in [3.8, 4) is 11.4 Å². The smallest absolute Gasteiger partial charge is 0.419 e. The Bertz CT molecular complexity index is 1370. The highest BCUT2D eigenvalue weighted by Gasteiger charge is 2.21. The summed E-state index contributed by atoms with van der Waals surface area (Å²) in [4.78, 5) is 27.3. The van der Waals surface area contributed by atoms with E-state index in [2.05, 4.69) is 15.5 Å². The van der Waals surface area contributed by atoms with Gasteiger partial charge in [0.25, 0.3) is 5.91 Å². The first-order valence-corrected chi connectivity index (χ1v) is 11.3. The van der Waals surface area contributed by atoms with Gasteiger partial charge in [-0.2, -0.15) is 15.0 Å². The Morgan fingerprint density at radius 2 is 1.80 bits per heavy atom. The summed E-state index contributed by atoms with van der Waals surface area (Å²) >= 11 is 0. The number of amides is 1. The Morgan fingerprint density at radius 1 is 1.06 bits per heavy atom. The average molecular weight is 476 g/mol. The van der Waals surface area contributed by atoms with E-state index in [-0.39, 0.29) is 5.91 Å². The highest BCUT2D eigenvalue weighted by Crippen LogP contribution is 2.27. The fraction of sp³-hybridized carbons (Fsp3) is 0.308. The molecule has 2 aromatic heterocycles. The summed E-state index contributed by atoms with van der Waals surface area (Å²) < 4.78 is 12.4. The molecule has 0 unspecified atom stereocenters. The lowest BCUT2D eigenvalue weighted by atomic mass is 10.1. The molecule has 4 aromatic rings. The van der Waals surface area contributed by atoms with E-state index < -0.39 is 11.7 Å². The van der Waals surface area contributed by atoms with Crippen LogP contribution in [0.5, 0.6) is 5.75 Å². The number of aromatic nitrogens is 4. The van der Waals surface area contributed by atoms with Crippen LogP contribution in [0.1, 0.15) is 42.3 Å². The third-order valence-corrected chi connectivity index (χ3v) is 5.40. The van der Waals surface area contributed by atoms with Gasteiger partial charge in [0.1, 0.15) is 11.4 Å². The first-order valence-electron chi connectivity index (χ1n) is 11.3. The number of rotatable bonds is 6. The van der Waals surface area contributed by atoms with E-state index in [1.165, 1.54) is 9.36 Å². The number of benzene rings is 2. The Hall–Kier alpha value is -4.14. The second-order valence-electron chi connectivity index (χ2n) is 9.23. The molecule has 0 saturated heterocycles. The van der Waals surface area contributed by atoms with Gasteiger partial charge < -0.3 is 14.8 Å². The summed E-state index contributed by atoms with van der Waals surface area (Å²) in [5, 5.41) is 12.1. The van der Waals surface area contributed by atoms with Crippen molar-refractivity contribution in [1.29, 1.82) is 0 Å². The van der Waals surface area contributed by atoms with Crippen LogP contribution in [0.4, 0.5) is 4.79 Å². The molecular weight excluding hydrogens is 446 g/mol. The minimum Gasteiger partial charge on any atom is -0.497 e. The van der Waals surface area contributed by atoms with Crippen LogP contribution in [0.3, 0.4) is 0 Å². The number of methoxy groups -OCH3 is 1. The molecule has 0 aliphatic carbocycles. The quantitative estimate of drug-likeness (QED) is 0.446. The first-order chi connectivity index (χ1) is 16.7. The molecule has 2 aromatic carbocycles. The van der Waals surface area contributed by atoms with E-state index in [1.807, 2.05) is 58.0 Å². The summed E-state index contributed by atoms with van der Waals surface area (Å²) in [6, 6.07) is 11.1. The van der Waals surface area contributed by atoms with Crippen LogP contribution in [0.2, 0.25) is 0 Å². The lowest BCUT2D eigenvalue weighted by Crippen LogP contribution is -2.27. The molecule has 1 N–H and O–H groups in total. The van der Waals surface area contributed by atoms with Crippen LogP contribution >= 0.6 is 0 Å². The molecule has 2 heterocycles. The molecule has 9 heteroatoms. The summed E-state index contributed by atoms with van der Waals surface area (Å²) in [6.07, 6.45) is 4.94. The van der Waals surface area contributed by atoms with Gasteiger partial charge in [0.05, 0.1) is 36.3 Å². The zero-order valence-corrected chi connectivity index (χ0v) is 20.5. The molecule has 0 saturated carbocycles. The number of fused-ring (bicyclic) bond motifs is 1. The molecule has 182 valence electrons. The summed E-state index contributed by atoms with van der Waals surface area (Å²) in [7, 11) is 1.60. The number of hydrogen-bond acceptors (Lipinski definition) is 6. The van der Waals surface area contributed by atoms with Crippen molar-refractivity contribution in [2.24, 2.45) is 0 Å². The number of nitrogens with one attached hydrogen (secondary N) is 1. The molecule has 0 bridgehead atoms. The van der Waals surface area contributed by atoms with Crippen LogP contribution in [0.25, 0.3) is 16.6 Å². The van der Waals surface area contributed by atoms with Crippen LogP contribution in [-0.4, -0.2) is 50.8 Å². The molecule has 4 rings (SSSR count). The average Bonchev–Trinajstić information content (AvgIpc) is 3.46. The third-order valence-electron chi connectivity index (χ3n) is 5.40. The molecule has 9 nitrogen and oxygen atoms in total. The minimum absolute atomic E-state index is 0.227. The van der Waals surface area contributed by atoms with E-state index in [1.54, 1.807) is 31.8 Å². The maximum atomic E-state index is 13.1. The summed E-state index contributed by atoms with van der Waals surface area (Å²) in [6.45, 7) is 7.77. The zero-order chi connectivity index (χ0) is 25.2. The van der Waals surface area contributed by atoms with Gasteiger partial charge in [0.2, 0.25) is 0 Å². The molecule has 0 fully saturated rings. The molecule has 0 radical (unpaired) electrons. The molecule has 35 heavy (non-hydrogen) atoms. The van der Waals surface area contributed by atoms with Crippen LogP contribution < -0.4 is 10.1 Å². The second kappa shape index (κ2) is 9.61. The van der Waals surface area contributed by atoms with Gasteiger partial charge in [-0.05, 0) is 70.0 Å². The molecule has 0 aliphatic rings. The molecule has 0 spiro atoms. The van der Waals surface area contributed by atoms with E-state index in [0.717, 1.165) is 16.5 Å². The number of nitrogens with zero attached hydrogens (tertiary/aromatic N) is 4. The number of carbonyl (C=O) groups is 2. The molecule has 1 amide bonds. The summed E-state index contributed by atoms with van der Waals surface area (Å²) in [5.74, 6) is 0.454. The number of aryl methyl sites for hydroxylation is 1. The predicted molar refractivity (Wildman–Crippen MR) is 132 cm³/mol. The van der Waals surface area contributed by atoms with Gasteiger partial charge in [0, 0.05) is 18.1 Å². The van der Waals surface area contributed by atoms with Crippen LogP contribution in [0, 0.1) is 6.92 Å². The number of hydrogen-bond donors (Lipinski definition) is 1. The zero-order valence-electron chi connectivity index (χ0n) is 20.5. The second-order valence-corrected chi connectivity index (χ2v) is 9.23. The van der Waals surface area contributed by atoms with Crippen LogP contribution in [0.15, 0.2) is 55.0 Å². The molecular formula is C26H29N5O4. The van der Waals surface area contributed by atoms with Crippen molar-refractivity contribution in [2.75, 3.05) is 13.7 Å². The van der Waals surface area contributed by atoms with Crippen molar-refractivity contribution in [3.63, 3.8) is 0 Å². The van der Waals surface area contributed by atoms with Crippen molar-refractivity contribution >= 4 is 22.9 Å². The number of ether oxygens (including phenoxy) is 2. The Labute approximate surface area is 203 Å². The highest BCUT2D eigenvalue weighted by molar-refractivity contribution is 5.98. The normalized spacial score (nSPS) is 11.5. The van der Waals surface area contributed by atoms with Crippen molar-refractivity contribution in [3.05, 3.63) is 71.7 Å². The largest absolute Gasteiger partial charge is 0.497 e. The maximum absolute atomic E-state index is 13.1. The topological polar surface area (TPSA) is 100 Å². The van der Waals surface area contributed by atoms with Gasteiger partial charge in [-0.25, -0.2) is 4.79 Å². The van der Waals surface area contributed by atoms with Gasteiger partial charge >= 0.3 is 6.09 Å². The standard InChI is InChI=1S/C26H29N5O4/c1-17-6-8-23(31-28-12-13-29-31)21(14-17)24(32)27-11-10-18-16-30(25(33)35-26(2,3)4)22-9-7-19(34-5)15-20(18)22/h6-9,12-16H,10-11H2,1-5H3,(H,27,32). The van der Waals surface area contributed by atoms with Crippen molar-refractivity contribution in [1.82, 2.24) is 24.9 Å². The highest BCUT2D eigenvalue weighted by atomic mass is 16.6. The Kier molecular flexibility index (Phi) is 6.59. The number of carbonyl (C=O) groups excluding carboxylic acids is 2. The van der Waals surface area contributed by atoms with E-state index in [4.69, 9.17) is 9.47 Å². The minimum atomic E-state index is -0.622. The predicted octanol–water partition coefficient (Wildman–Crippen LogP) is 4.29. The van der Waals surface area contributed by atoms with Crippen LogP contribution in [-0.2, 0) is 11.2 Å². The van der Waals surface area contributed by atoms with Gasteiger partial charge in [-0.1, -0.05) is 11.6 Å². The lowest BCUT2D eigenvalue weighted by molar-refractivity contribution is 0.0544. The van der Waals surface area contributed by atoms with Gasteiger partial charge in [0.15, 0.2) is 0 Å². The maximum Gasteiger partial charge on any atom is 0.419 e. The first kappa shape index (κ1) is 24.0. The summed E-state index contributed by atoms with van der Waals surface area (Å²) in [5.41, 5.74) is 3.03. The SMILES string of the molecule is COc1ccc2c(c1)c(CCNC(=O)c1cc(C)ccc1-n1nccn1)cn2C(=O)OC(C)(C)C.